The van der Waals surface area contributed by atoms with Crippen LogP contribution in [-0.4, -0.2) is 54.5 Å². The maximum atomic E-state index is 13.1. The van der Waals surface area contributed by atoms with Gasteiger partial charge in [0.2, 0.25) is 0 Å². The highest BCUT2D eigenvalue weighted by Crippen LogP contribution is 2.26. The molecule has 0 unspecified atom stereocenters. The summed E-state index contributed by atoms with van der Waals surface area (Å²) < 4.78 is 8.80. The summed E-state index contributed by atoms with van der Waals surface area (Å²) in [4.78, 5) is 26.0. The Morgan fingerprint density at radius 3 is 2.48 bits per heavy atom. The lowest BCUT2D eigenvalue weighted by molar-refractivity contribution is 0.0687. The lowest BCUT2D eigenvalue weighted by Crippen LogP contribution is -2.39. The lowest BCUT2D eigenvalue weighted by Gasteiger charge is -2.32. The van der Waals surface area contributed by atoms with E-state index in [0.717, 1.165) is 24.2 Å². The van der Waals surface area contributed by atoms with Crippen LogP contribution in [0.1, 0.15) is 56.7 Å². The normalized spacial score (nSPS) is 15.1. The van der Waals surface area contributed by atoms with E-state index in [1.807, 2.05) is 42.4 Å². The number of hydrogen-bond acceptors (Lipinski definition) is 5. The van der Waals surface area contributed by atoms with Crippen LogP contribution in [0.15, 0.2) is 29.0 Å². The molecular weight excluding hydrogens is 374 g/mol. The van der Waals surface area contributed by atoms with Gasteiger partial charge in [-0.3, -0.25) is 14.0 Å². The van der Waals surface area contributed by atoms with Crippen LogP contribution in [0.5, 0.6) is 0 Å². The van der Waals surface area contributed by atoms with E-state index < -0.39 is 5.97 Å². The van der Waals surface area contributed by atoms with Crippen molar-refractivity contribution < 1.29 is 19.2 Å². The van der Waals surface area contributed by atoms with Crippen LogP contribution >= 0.6 is 0 Å². The molecule has 0 aliphatic carbocycles. The number of carbonyl (C=O) groups excluding carboxylic acids is 1. The number of aromatic nitrogens is 4. The minimum atomic E-state index is -0.985. The smallest absolute Gasteiger partial charge is 0.338 e. The van der Waals surface area contributed by atoms with Gasteiger partial charge >= 0.3 is 5.97 Å². The van der Waals surface area contributed by atoms with Crippen LogP contribution in [0.25, 0.3) is 5.82 Å². The molecule has 152 valence electrons. The molecule has 9 heteroatoms. The van der Waals surface area contributed by atoms with Crippen molar-refractivity contribution in [2.75, 3.05) is 13.1 Å². The van der Waals surface area contributed by atoms with Gasteiger partial charge in [0.15, 0.2) is 5.82 Å². The molecule has 3 aromatic heterocycles. The summed E-state index contributed by atoms with van der Waals surface area (Å²) in [5, 5.41) is 17.3. The zero-order valence-corrected chi connectivity index (χ0v) is 16.6. The maximum absolute atomic E-state index is 13.1. The number of likely N-dealkylation sites (tertiary alicyclic amines) is 1. The van der Waals surface area contributed by atoms with Crippen LogP contribution in [0.4, 0.5) is 0 Å². The monoisotopic (exact) mass is 397 g/mol. The van der Waals surface area contributed by atoms with Gasteiger partial charge in [0, 0.05) is 36.7 Å². The second-order valence-electron chi connectivity index (χ2n) is 7.45. The summed E-state index contributed by atoms with van der Waals surface area (Å²) >= 11 is 0. The molecule has 0 radical (unpaired) electrons. The fraction of sp³-hybridized carbons (Fsp3) is 0.400. The van der Waals surface area contributed by atoms with Gasteiger partial charge in [-0.15, -0.1) is 0 Å². The van der Waals surface area contributed by atoms with Crippen LogP contribution in [0, 0.1) is 20.8 Å². The SMILES string of the molecule is Cc1cc(-n2c(C)cc(C(=O)N3CCC(n4cc(C(=O)O)cn4)CC3)c2C)no1. The minimum absolute atomic E-state index is 0.00490. The summed E-state index contributed by atoms with van der Waals surface area (Å²) in [6.45, 7) is 6.88. The molecule has 4 heterocycles. The molecule has 4 rings (SSSR count). The van der Waals surface area contributed by atoms with E-state index in [1.165, 1.54) is 6.20 Å². The first-order chi connectivity index (χ1) is 13.8. The fourth-order valence-corrected chi connectivity index (χ4v) is 3.94. The number of hydrogen-bond donors (Lipinski definition) is 1. The average Bonchev–Trinajstić information content (AvgIpc) is 3.41. The second-order valence-corrected chi connectivity index (χ2v) is 7.45. The maximum Gasteiger partial charge on any atom is 0.338 e. The molecule has 0 aromatic carbocycles. The van der Waals surface area contributed by atoms with Gasteiger partial charge in [0.25, 0.3) is 5.91 Å². The summed E-state index contributed by atoms with van der Waals surface area (Å²) in [6, 6.07) is 3.83. The predicted octanol–water partition coefficient (Wildman–Crippen LogP) is 2.76. The number of rotatable bonds is 4. The predicted molar refractivity (Wildman–Crippen MR) is 103 cm³/mol. The molecule has 1 fully saturated rings. The Hall–Kier alpha value is -3.36. The van der Waals surface area contributed by atoms with Crippen LogP contribution in [-0.2, 0) is 0 Å². The Morgan fingerprint density at radius 2 is 1.90 bits per heavy atom. The van der Waals surface area contributed by atoms with E-state index in [9.17, 15) is 9.59 Å². The third-order valence-corrected chi connectivity index (χ3v) is 5.48. The quantitative estimate of drug-likeness (QED) is 0.725. The van der Waals surface area contributed by atoms with Crippen molar-refractivity contribution >= 4 is 11.9 Å². The number of carbonyl (C=O) groups is 2. The largest absolute Gasteiger partial charge is 0.478 e. The van der Waals surface area contributed by atoms with Crippen molar-refractivity contribution in [2.45, 2.75) is 39.7 Å². The van der Waals surface area contributed by atoms with Crippen molar-refractivity contribution in [1.29, 1.82) is 0 Å². The lowest BCUT2D eigenvalue weighted by atomic mass is 10.0. The Bertz CT molecular complexity index is 1070. The number of aryl methyl sites for hydroxylation is 2. The molecule has 0 bridgehead atoms. The number of carboxylic acids is 1. The molecule has 1 amide bonds. The van der Waals surface area contributed by atoms with Crippen LogP contribution < -0.4 is 0 Å². The zero-order valence-electron chi connectivity index (χ0n) is 16.6. The van der Waals surface area contributed by atoms with Crippen molar-refractivity contribution in [3.05, 3.63) is 52.8 Å². The van der Waals surface area contributed by atoms with Crippen molar-refractivity contribution in [2.24, 2.45) is 0 Å². The average molecular weight is 397 g/mol. The molecule has 0 spiro atoms. The van der Waals surface area contributed by atoms with E-state index in [1.54, 1.807) is 10.9 Å². The first-order valence-electron chi connectivity index (χ1n) is 9.54. The molecule has 1 aliphatic rings. The first kappa shape index (κ1) is 19.0. The molecule has 1 N–H and O–H groups in total. The third-order valence-electron chi connectivity index (χ3n) is 5.48. The zero-order chi connectivity index (χ0) is 20.7. The van der Waals surface area contributed by atoms with Gasteiger partial charge in [0.05, 0.1) is 23.4 Å². The molecular formula is C20H23N5O4. The number of piperidine rings is 1. The highest BCUT2D eigenvalue weighted by atomic mass is 16.5. The molecule has 9 nitrogen and oxygen atoms in total. The number of aromatic carboxylic acids is 1. The summed E-state index contributed by atoms with van der Waals surface area (Å²) in [6.07, 6.45) is 4.37. The van der Waals surface area contributed by atoms with Crippen molar-refractivity contribution in [3.8, 4) is 5.82 Å². The summed E-state index contributed by atoms with van der Waals surface area (Å²) in [5.74, 6) is 0.395. The molecule has 0 saturated carbocycles. The van der Waals surface area contributed by atoms with Gasteiger partial charge in [-0.05, 0) is 39.7 Å². The number of carboxylic acid groups (broad SMARTS) is 1. The highest BCUT2D eigenvalue weighted by Gasteiger charge is 2.28. The van der Waals surface area contributed by atoms with Gasteiger partial charge in [0.1, 0.15) is 5.76 Å². The van der Waals surface area contributed by atoms with E-state index in [4.69, 9.17) is 9.63 Å². The Balaban J connectivity index is 1.48. The molecule has 1 aliphatic heterocycles. The highest BCUT2D eigenvalue weighted by molar-refractivity contribution is 5.96. The number of amides is 1. The van der Waals surface area contributed by atoms with Gasteiger partial charge < -0.3 is 14.5 Å². The molecule has 0 atom stereocenters. The van der Waals surface area contributed by atoms with Gasteiger partial charge in [-0.25, -0.2) is 4.79 Å². The first-order valence-corrected chi connectivity index (χ1v) is 9.54. The topological polar surface area (TPSA) is 106 Å². The van der Waals surface area contributed by atoms with Gasteiger partial charge in [-0.1, -0.05) is 5.16 Å². The minimum Gasteiger partial charge on any atom is -0.478 e. The summed E-state index contributed by atoms with van der Waals surface area (Å²) in [7, 11) is 0. The van der Waals surface area contributed by atoms with E-state index >= 15 is 0 Å². The summed E-state index contributed by atoms with van der Waals surface area (Å²) in [5.41, 5.74) is 2.60. The Labute approximate surface area is 167 Å². The fourth-order valence-electron chi connectivity index (χ4n) is 3.94. The van der Waals surface area contributed by atoms with E-state index in [0.29, 0.717) is 30.2 Å². The van der Waals surface area contributed by atoms with Crippen molar-refractivity contribution in [1.82, 2.24) is 24.4 Å². The molecule has 1 saturated heterocycles. The third kappa shape index (κ3) is 3.43. The standard InChI is InChI=1S/C20H23N5O4/c1-12-8-17(14(3)25(12)18-9-13(2)29-22-18)19(26)23-6-4-16(5-7-23)24-11-15(10-21-24)20(27)28/h8-11,16H,4-7H2,1-3H3,(H,27,28). The molecule has 29 heavy (non-hydrogen) atoms. The van der Waals surface area contributed by atoms with Crippen LogP contribution in [0.2, 0.25) is 0 Å². The van der Waals surface area contributed by atoms with Gasteiger partial charge in [-0.2, -0.15) is 5.10 Å². The van der Waals surface area contributed by atoms with Crippen LogP contribution in [0.3, 0.4) is 0 Å². The van der Waals surface area contributed by atoms with E-state index in [2.05, 4.69) is 10.3 Å². The second kappa shape index (κ2) is 7.23. The Kier molecular flexibility index (Phi) is 4.73. The number of nitrogens with zero attached hydrogens (tertiary/aromatic N) is 5. The molecule has 3 aromatic rings. The Morgan fingerprint density at radius 1 is 1.17 bits per heavy atom. The van der Waals surface area contributed by atoms with Crippen molar-refractivity contribution in [3.63, 3.8) is 0 Å². The van der Waals surface area contributed by atoms with E-state index in [-0.39, 0.29) is 17.5 Å².